The zero-order valence-electron chi connectivity index (χ0n) is 10.1. The van der Waals surface area contributed by atoms with Gasteiger partial charge in [-0.15, -0.1) is 0 Å². The van der Waals surface area contributed by atoms with Crippen LogP contribution >= 0.6 is 15.9 Å². The van der Waals surface area contributed by atoms with Crippen LogP contribution in [0.4, 0.5) is 24.8 Å². The summed E-state index contributed by atoms with van der Waals surface area (Å²) in [6.07, 6.45) is -3.48. The SMILES string of the molecule is COc1cc(Nc2nccc(C(F)(F)F)n2)cc(Br)n1. The van der Waals surface area contributed by atoms with Crippen molar-refractivity contribution in [3.05, 3.63) is 34.7 Å². The molecule has 0 fully saturated rings. The monoisotopic (exact) mass is 348 g/mol. The van der Waals surface area contributed by atoms with Crippen molar-refractivity contribution in [2.24, 2.45) is 0 Å². The maximum Gasteiger partial charge on any atom is 0.433 e. The molecule has 0 aliphatic heterocycles. The maximum atomic E-state index is 12.5. The van der Waals surface area contributed by atoms with Gasteiger partial charge in [0.15, 0.2) is 0 Å². The predicted octanol–water partition coefficient (Wildman–Crippen LogP) is 3.41. The summed E-state index contributed by atoms with van der Waals surface area (Å²) in [4.78, 5) is 11.1. The molecule has 0 amide bonds. The molecule has 0 aliphatic carbocycles. The normalized spacial score (nSPS) is 11.2. The summed E-state index contributed by atoms with van der Waals surface area (Å²) < 4.78 is 43.0. The van der Waals surface area contributed by atoms with E-state index in [0.29, 0.717) is 16.2 Å². The van der Waals surface area contributed by atoms with Gasteiger partial charge in [0, 0.05) is 18.0 Å². The smallest absolute Gasteiger partial charge is 0.433 e. The number of hydrogen-bond donors (Lipinski definition) is 1. The molecule has 0 saturated carbocycles. The van der Waals surface area contributed by atoms with E-state index in [4.69, 9.17) is 4.74 Å². The van der Waals surface area contributed by atoms with Gasteiger partial charge in [-0.25, -0.2) is 15.0 Å². The molecular weight excluding hydrogens is 341 g/mol. The Morgan fingerprint density at radius 3 is 2.65 bits per heavy atom. The molecule has 1 N–H and O–H groups in total. The average Bonchev–Trinajstić information content (AvgIpc) is 2.37. The standard InChI is InChI=1S/C11H8BrF3N4O/c1-20-9-5-6(4-8(12)19-9)17-10-16-3-2-7(18-10)11(13,14)15/h2-5H,1H3,(H,16,17,18,19). The summed E-state index contributed by atoms with van der Waals surface area (Å²) in [7, 11) is 1.43. The van der Waals surface area contributed by atoms with Crippen molar-refractivity contribution in [2.75, 3.05) is 12.4 Å². The van der Waals surface area contributed by atoms with Gasteiger partial charge < -0.3 is 10.1 Å². The molecule has 0 saturated heterocycles. The highest BCUT2D eigenvalue weighted by Gasteiger charge is 2.32. The minimum absolute atomic E-state index is 0.167. The van der Waals surface area contributed by atoms with Crippen molar-refractivity contribution < 1.29 is 17.9 Å². The lowest BCUT2D eigenvalue weighted by molar-refractivity contribution is -0.141. The van der Waals surface area contributed by atoms with Crippen LogP contribution in [-0.4, -0.2) is 22.1 Å². The molecule has 0 bridgehead atoms. The lowest BCUT2D eigenvalue weighted by Crippen LogP contribution is -2.10. The molecule has 0 aromatic carbocycles. The molecule has 2 rings (SSSR count). The van der Waals surface area contributed by atoms with Gasteiger partial charge in [0.2, 0.25) is 11.8 Å². The van der Waals surface area contributed by atoms with Gasteiger partial charge >= 0.3 is 6.18 Å². The molecule has 0 spiro atoms. The Balaban J connectivity index is 2.28. The Kier molecular flexibility index (Phi) is 4.07. The predicted molar refractivity (Wildman–Crippen MR) is 68.8 cm³/mol. The fourth-order valence-corrected chi connectivity index (χ4v) is 1.78. The van der Waals surface area contributed by atoms with Crippen LogP contribution in [0.1, 0.15) is 5.69 Å². The van der Waals surface area contributed by atoms with Crippen LogP contribution in [0, 0.1) is 0 Å². The Labute approximate surface area is 120 Å². The molecular formula is C11H8BrF3N4O. The molecule has 0 aliphatic rings. The van der Waals surface area contributed by atoms with E-state index in [9.17, 15) is 13.2 Å². The number of nitrogens with zero attached hydrogens (tertiary/aromatic N) is 3. The van der Waals surface area contributed by atoms with Crippen molar-refractivity contribution in [3.63, 3.8) is 0 Å². The largest absolute Gasteiger partial charge is 0.481 e. The highest BCUT2D eigenvalue weighted by atomic mass is 79.9. The quantitative estimate of drug-likeness (QED) is 0.861. The second-order valence-electron chi connectivity index (χ2n) is 3.61. The van der Waals surface area contributed by atoms with Gasteiger partial charge in [-0.2, -0.15) is 13.2 Å². The number of rotatable bonds is 3. The van der Waals surface area contributed by atoms with E-state index in [0.717, 1.165) is 12.3 Å². The number of halogens is 4. The van der Waals surface area contributed by atoms with Crippen LogP contribution in [0.2, 0.25) is 0 Å². The summed E-state index contributed by atoms with van der Waals surface area (Å²) >= 11 is 3.16. The van der Waals surface area contributed by atoms with E-state index >= 15 is 0 Å². The van der Waals surface area contributed by atoms with E-state index in [1.807, 2.05) is 0 Å². The number of ether oxygens (including phenoxy) is 1. The summed E-state index contributed by atoms with van der Waals surface area (Å²) in [5.41, 5.74) is -0.571. The summed E-state index contributed by atoms with van der Waals surface area (Å²) in [5, 5.41) is 2.66. The molecule has 9 heteroatoms. The summed E-state index contributed by atoms with van der Waals surface area (Å²) in [6.45, 7) is 0. The Morgan fingerprint density at radius 1 is 1.25 bits per heavy atom. The molecule has 20 heavy (non-hydrogen) atoms. The van der Waals surface area contributed by atoms with Crippen LogP contribution in [0.25, 0.3) is 0 Å². The Bertz CT molecular complexity index is 621. The van der Waals surface area contributed by atoms with E-state index < -0.39 is 11.9 Å². The van der Waals surface area contributed by atoms with Gasteiger partial charge in [0.05, 0.1) is 7.11 Å². The number of hydrogen-bond acceptors (Lipinski definition) is 5. The first kappa shape index (κ1) is 14.5. The molecule has 2 heterocycles. The second kappa shape index (κ2) is 5.61. The van der Waals surface area contributed by atoms with Crippen LogP contribution < -0.4 is 10.1 Å². The molecule has 0 atom stereocenters. The molecule has 106 valence electrons. The third-order valence-electron chi connectivity index (χ3n) is 2.18. The van der Waals surface area contributed by atoms with Crippen LogP contribution in [0.5, 0.6) is 5.88 Å². The molecule has 0 unspecified atom stereocenters. The zero-order valence-corrected chi connectivity index (χ0v) is 11.7. The highest BCUT2D eigenvalue weighted by Crippen LogP contribution is 2.28. The lowest BCUT2D eigenvalue weighted by Gasteiger charge is -2.09. The van der Waals surface area contributed by atoms with Crippen molar-refractivity contribution in [1.29, 1.82) is 0 Å². The third-order valence-corrected chi connectivity index (χ3v) is 2.59. The average molecular weight is 349 g/mol. The van der Waals surface area contributed by atoms with E-state index in [1.165, 1.54) is 13.2 Å². The van der Waals surface area contributed by atoms with Crippen molar-refractivity contribution in [1.82, 2.24) is 15.0 Å². The first-order valence-electron chi connectivity index (χ1n) is 5.27. The minimum Gasteiger partial charge on any atom is -0.481 e. The highest BCUT2D eigenvalue weighted by molar-refractivity contribution is 9.10. The van der Waals surface area contributed by atoms with E-state index in [1.54, 1.807) is 6.07 Å². The number of alkyl halides is 3. The number of nitrogens with one attached hydrogen (secondary N) is 1. The van der Waals surface area contributed by atoms with Gasteiger partial charge in [-0.1, -0.05) is 0 Å². The zero-order chi connectivity index (χ0) is 14.8. The van der Waals surface area contributed by atoms with Crippen molar-refractivity contribution in [3.8, 4) is 5.88 Å². The summed E-state index contributed by atoms with van der Waals surface area (Å²) in [5.74, 6) is 0.133. The lowest BCUT2D eigenvalue weighted by atomic mass is 10.4. The molecule has 0 radical (unpaired) electrons. The van der Waals surface area contributed by atoms with Crippen LogP contribution in [-0.2, 0) is 6.18 Å². The first-order chi connectivity index (χ1) is 9.38. The number of anilines is 2. The molecule has 2 aromatic rings. The number of aromatic nitrogens is 3. The third kappa shape index (κ3) is 3.56. The number of methoxy groups -OCH3 is 1. The molecule has 2 aromatic heterocycles. The molecule has 5 nitrogen and oxygen atoms in total. The van der Waals surface area contributed by atoms with Crippen LogP contribution in [0.3, 0.4) is 0 Å². The Hall–Kier alpha value is -1.90. The van der Waals surface area contributed by atoms with Gasteiger partial charge in [0.25, 0.3) is 0 Å². The van der Waals surface area contributed by atoms with E-state index in [-0.39, 0.29) is 5.95 Å². The maximum absolute atomic E-state index is 12.5. The van der Waals surface area contributed by atoms with Gasteiger partial charge in [-0.3, -0.25) is 0 Å². The minimum atomic E-state index is -4.52. The topological polar surface area (TPSA) is 59.9 Å². The Morgan fingerprint density at radius 2 is 2.00 bits per heavy atom. The summed E-state index contributed by atoms with van der Waals surface area (Å²) in [6, 6.07) is 3.87. The van der Waals surface area contributed by atoms with Crippen molar-refractivity contribution in [2.45, 2.75) is 6.18 Å². The van der Waals surface area contributed by atoms with E-state index in [2.05, 4.69) is 36.2 Å². The fourth-order valence-electron chi connectivity index (χ4n) is 1.36. The first-order valence-corrected chi connectivity index (χ1v) is 6.06. The fraction of sp³-hybridized carbons (Fsp3) is 0.182. The van der Waals surface area contributed by atoms with Gasteiger partial charge in [-0.05, 0) is 28.1 Å². The number of pyridine rings is 1. The van der Waals surface area contributed by atoms with Crippen LogP contribution in [0.15, 0.2) is 29.0 Å². The second-order valence-corrected chi connectivity index (χ2v) is 4.42. The van der Waals surface area contributed by atoms with Crippen molar-refractivity contribution >= 4 is 27.6 Å². The van der Waals surface area contributed by atoms with Gasteiger partial charge in [0.1, 0.15) is 10.3 Å².